The monoisotopic (exact) mass is 466 g/mol. The van der Waals surface area contributed by atoms with E-state index < -0.39 is 17.6 Å². The molecular weight excluding hydrogens is 447 g/mol. The molecule has 35 heavy (non-hydrogen) atoms. The number of hydrogen-bond donors (Lipinski definition) is 1. The Morgan fingerprint density at radius 2 is 1.69 bits per heavy atom. The zero-order valence-electron chi connectivity index (χ0n) is 18.7. The molecule has 0 saturated carbocycles. The van der Waals surface area contributed by atoms with Crippen LogP contribution in [0.5, 0.6) is 5.75 Å². The average Bonchev–Trinajstić information content (AvgIpc) is 3.50. The summed E-state index contributed by atoms with van der Waals surface area (Å²) in [6.07, 6.45) is 3.19. The quantitative estimate of drug-likeness (QED) is 0.361. The zero-order chi connectivity index (χ0) is 24.1. The van der Waals surface area contributed by atoms with Crippen LogP contribution in [0.25, 0.3) is 33.0 Å². The summed E-state index contributed by atoms with van der Waals surface area (Å²) < 4.78 is 27.3. The summed E-state index contributed by atoms with van der Waals surface area (Å²) >= 11 is 0. The number of ether oxygens (including phenoxy) is 1. The normalized spacial score (nSPS) is 13.8. The maximum Gasteiger partial charge on any atom is 0.259 e. The van der Waals surface area contributed by atoms with E-state index in [4.69, 9.17) is 9.15 Å². The van der Waals surface area contributed by atoms with Crippen LogP contribution in [0.15, 0.2) is 83.6 Å². The highest BCUT2D eigenvalue weighted by molar-refractivity contribution is 6.50. The second kappa shape index (κ2) is 7.99. The maximum atomic E-state index is 14.0. The Balaban J connectivity index is 1.46. The van der Waals surface area contributed by atoms with Gasteiger partial charge >= 0.3 is 0 Å². The number of nitrogens with one attached hydrogen (secondary N) is 1. The van der Waals surface area contributed by atoms with Crippen molar-refractivity contribution in [3.05, 3.63) is 102 Å². The minimum Gasteiger partial charge on any atom is -0.489 e. The highest BCUT2D eigenvalue weighted by Gasteiger charge is 2.35. The van der Waals surface area contributed by atoms with Crippen LogP contribution in [0.1, 0.15) is 16.7 Å². The minimum atomic E-state index is -0.545. The maximum absolute atomic E-state index is 14.0. The van der Waals surface area contributed by atoms with Gasteiger partial charge in [0.15, 0.2) is 0 Å². The van der Waals surface area contributed by atoms with Crippen LogP contribution in [-0.4, -0.2) is 16.4 Å². The molecule has 1 aliphatic heterocycles. The van der Waals surface area contributed by atoms with E-state index in [1.165, 1.54) is 24.5 Å². The molecule has 6 nitrogen and oxygen atoms in total. The number of amides is 2. The molecule has 0 aliphatic carbocycles. The fourth-order valence-electron chi connectivity index (χ4n) is 4.56. The molecule has 5 aromatic rings. The fourth-order valence-corrected chi connectivity index (χ4v) is 4.56. The molecule has 1 aliphatic rings. The van der Waals surface area contributed by atoms with Crippen LogP contribution in [0.4, 0.5) is 4.39 Å². The van der Waals surface area contributed by atoms with E-state index in [1.54, 1.807) is 0 Å². The first-order valence-corrected chi connectivity index (χ1v) is 11.0. The van der Waals surface area contributed by atoms with Gasteiger partial charge in [0.25, 0.3) is 11.8 Å². The van der Waals surface area contributed by atoms with Crippen molar-refractivity contribution in [2.45, 2.75) is 6.61 Å². The molecule has 0 unspecified atom stereocenters. The van der Waals surface area contributed by atoms with Gasteiger partial charge in [-0.15, -0.1) is 0 Å². The molecule has 0 bridgehead atoms. The van der Waals surface area contributed by atoms with Gasteiger partial charge in [0.1, 0.15) is 23.8 Å². The minimum absolute atomic E-state index is 0.163. The summed E-state index contributed by atoms with van der Waals surface area (Å²) in [4.78, 5) is 25.8. The molecule has 7 heteroatoms. The number of furan rings is 1. The van der Waals surface area contributed by atoms with Crippen LogP contribution in [0, 0.1) is 5.82 Å². The third kappa shape index (κ3) is 3.49. The Kier molecular flexibility index (Phi) is 4.77. The van der Waals surface area contributed by atoms with Gasteiger partial charge in [-0.3, -0.25) is 14.9 Å². The standard InChI is InChI=1S/C28H19FN2O4/c1-31-13-21(19-9-8-18(12-23(19)31)34-14-16-5-3-2-4-6-16)25-26(28(33)30-27(25)32)22-15-35-24-10-7-17(29)11-20(22)24/h2-13,15H,14H2,1H3,(H,30,32,33). The number of nitrogens with zero attached hydrogens (tertiary/aromatic N) is 1. The third-order valence-corrected chi connectivity index (χ3v) is 6.22. The molecule has 0 saturated heterocycles. The number of rotatable bonds is 5. The summed E-state index contributed by atoms with van der Waals surface area (Å²) in [5.41, 5.74) is 3.69. The van der Waals surface area contributed by atoms with Crippen molar-refractivity contribution in [1.82, 2.24) is 9.88 Å². The Labute approximate surface area is 199 Å². The second-order valence-electron chi connectivity index (χ2n) is 8.43. The summed E-state index contributed by atoms with van der Waals surface area (Å²) in [5.74, 6) is -0.823. The molecule has 0 spiro atoms. The molecule has 1 N–H and O–H groups in total. The van der Waals surface area contributed by atoms with Crippen molar-refractivity contribution in [2.75, 3.05) is 0 Å². The van der Waals surface area contributed by atoms with Crippen LogP contribution >= 0.6 is 0 Å². The van der Waals surface area contributed by atoms with E-state index in [-0.39, 0.29) is 11.1 Å². The first-order valence-electron chi connectivity index (χ1n) is 11.0. The van der Waals surface area contributed by atoms with E-state index in [1.807, 2.05) is 66.3 Å². The lowest BCUT2D eigenvalue weighted by Crippen LogP contribution is -2.22. The largest absolute Gasteiger partial charge is 0.489 e. The lowest BCUT2D eigenvalue weighted by Gasteiger charge is -2.07. The number of benzene rings is 3. The van der Waals surface area contributed by atoms with Crippen LogP contribution in [0.2, 0.25) is 0 Å². The lowest BCUT2D eigenvalue weighted by atomic mass is 9.95. The number of carbonyl (C=O) groups excluding carboxylic acids is 2. The van der Waals surface area contributed by atoms with Gasteiger partial charge in [-0.1, -0.05) is 30.3 Å². The number of carbonyl (C=O) groups is 2. The molecule has 3 aromatic carbocycles. The number of aryl methyl sites for hydroxylation is 1. The topological polar surface area (TPSA) is 73.5 Å². The summed E-state index contributed by atoms with van der Waals surface area (Å²) in [7, 11) is 1.87. The van der Waals surface area contributed by atoms with Crippen LogP contribution < -0.4 is 10.1 Å². The first-order chi connectivity index (χ1) is 17.0. The molecule has 6 rings (SSSR count). The number of halogens is 1. The Morgan fingerprint density at radius 3 is 2.49 bits per heavy atom. The molecule has 2 aromatic heterocycles. The molecular formula is C28H19FN2O4. The number of aromatic nitrogens is 1. The molecule has 2 amide bonds. The zero-order valence-corrected chi connectivity index (χ0v) is 18.7. The van der Waals surface area contributed by atoms with Gasteiger partial charge in [-0.25, -0.2) is 4.39 Å². The predicted molar refractivity (Wildman–Crippen MR) is 130 cm³/mol. The summed E-state index contributed by atoms with van der Waals surface area (Å²) in [5, 5.41) is 3.60. The van der Waals surface area contributed by atoms with Crippen molar-refractivity contribution < 1.29 is 23.1 Å². The van der Waals surface area contributed by atoms with Crippen molar-refractivity contribution in [3.8, 4) is 5.75 Å². The number of imide groups is 1. The fraction of sp³-hybridized carbons (Fsp3) is 0.0714. The van der Waals surface area contributed by atoms with Crippen LogP contribution in [0.3, 0.4) is 0 Å². The van der Waals surface area contributed by atoms with E-state index in [9.17, 15) is 14.0 Å². The van der Waals surface area contributed by atoms with Crippen molar-refractivity contribution in [1.29, 1.82) is 0 Å². The SMILES string of the molecule is Cn1cc(C2=C(c3coc4ccc(F)cc34)C(=O)NC2=O)c2ccc(OCc3ccccc3)cc21. The Morgan fingerprint density at radius 1 is 0.914 bits per heavy atom. The molecule has 0 atom stereocenters. The predicted octanol–water partition coefficient (Wildman–Crippen LogP) is 5.21. The third-order valence-electron chi connectivity index (χ3n) is 6.22. The van der Waals surface area contributed by atoms with E-state index in [2.05, 4.69) is 5.32 Å². The van der Waals surface area contributed by atoms with Crippen molar-refractivity contribution in [3.63, 3.8) is 0 Å². The Bertz CT molecular complexity index is 1680. The van der Waals surface area contributed by atoms with Gasteiger partial charge in [0, 0.05) is 41.2 Å². The highest BCUT2D eigenvalue weighted by Crippen LogP contribution is 2.39. The average molecular weight is 466 g/mol. The number of fused-ring (bicyclic) bond motifs is 2. The highest BCUT2D eigenvalue weighted by atomic mass is 19.1. The van der Waals surface area contributed by atoms with E-state index in [0.29, 0.717) is 34.5 Å². The second-order valence-corrected chi connectivity index (χ2v) is 8.43. The summed E-state index contributed by atoms with van der Waals surface area (Å²) in [6, 6.07) is 19.6. The van der Waals surface area contributed by atoms with E-state index >= 15 is 0 Å². The van der Waals surface area contributed by atoms with Gasteiger partial charge < -0.3 is 13.7 Å². The first kappa shape index (κ1) is 20.9. The van der Waals surface area contributed by atoms with Gasteiger partial charge in [0.05, 0.1) is 22.9 Å². The van der Waals surface area contributed by atoms with E-state index in [0.717, 1.165) is 16.5 Å². The molecule has 0 fully saturated rings. The number of hydrogen-bond acceptors (Lipinski definition) is 4. The summed E-state index contributed by atoms with van der Waals surface area (Å²) in [6.45, 7) is 0.431. The smallest absolute Gasteiger partial charge is 0.259 e. The Hall–Kier alpha value is -4.65. The van der Waals surface area contributed by atoms with Gasteiger partial charge in [0.2, 0.25) is 0 Å². The van der Waals surface area contributed by atoms with Gasteiger partial charge in [-0.05, 0) is 35.9 Å². The van der Waals surface area contributed by atoms with Crippen LogP contribution in [-0.2, 0) is 23.2 Å². The molecule has 0 radical (unpaired) electrons. The molecule has 3 heterocycles. The lowest BCUT2D eigenvalue weighted by molar-refractivity contribution is -0.122. The van der Waals surface area contributed by atoms with Gasteiger partial charge in [-0.2, -0.15) is 0 Å². The van der Waals surface area contributed by atoms with Crippen molar-refractivity contribution >= 4 is 44.8 Å². The molecule has 172 valence electrons. The van der Waals surface area contributed by atoms with Crippen molar-refractivity contribution in [2.24, 2.45) is 7.05 Å².